The number of rotatable bonds is 9. The van der Waals surface area contributed by atoms with E-state index < -0.39 is 12.0 Å². The summed E-state index contributed by atoms with van der Waals surface area (Å²) in [6, 6.07) is 5.21. The molecule has 0 fully saturated rings. The molecule has 0 aromatic heterocycles. The molecule has 0 aliphatic heterocycles. The maximum absolute atomic E-state index is 11.9. The number of methoxy groups -OCH3 is 2. The van der Waals surface area contributed by atoms with E-state index in [1.54, 1.807) is 7.11 Å². The first-order valence-corrected chi connectivity index (χ1v) is 7.48. The summed E-state index contributed by atoms with van der Waals surface area (Å²) in [5.74, 6) is -0.839. The monoisotopic (exact) mass is 323 g/mol. The van der Waals surface area contributed by atoms with Gasteiger partial charge in [-0.05, 0) is 30.5 Å². The highest BCUT2D eigenvalue weighted by atomic mass is 16.5. The van der Waals surface area contributed by atoms with Crippen LogP contribution in [0, 0.1) is 13.8 Å². The number of hydrogen-bond acceptors (Lipinski definition) is 5. The first-order valence-electron chi connectivity index (χ1n) is 7.48. The van der Waals surface area contributed by atoms with Crippen LogP contribution in [0.15, 0.2) is 18.2 Å². The highest BCUT2D eigenvalue weighted by molar-refractivity contribution is 5.85. The summed E-state index contributed by atoms with van der Waals surface area (Å²) in [5, 5.41) is 2.65. The Morgan fingerprint density at radius 2 is 1.87 bits per heavy atom. The Hall–Kier alpha value is -1.92. The second kappa shape index (κ2) is 9.97. The minimum atomic E-state index is -0.736. The molecule has 1 atom stereocenters. The van der Waals surface area contributed by atoms with Gasteiger partial charge in [-0.15, -0.1) is 0 Å². The molecule has 1 rings (SSSR count). The maximum atomic E-state index is 11.9. The van der Waals surface area contributed by atoms with E-state index in [4.69, 9.17) is 14.2 Å². The Labute approximate surface area is 137 Å². The highest BCUT2D eigenvalue weighted by Crippen LogP contribution is 2.12. The quantitative estimate of drug-likeness (QED) is 0.545. The SMILES string of the molecule is COCCOCC(=O)N[C@H](Cc1ccc(C)c(C)c1)C(=O)OC. The molecule has 1 aromatic rings. The van der Waals surface area contributed by atoms with Gasteiger partial charge in [-0.2, -0.15) is 0 Å². The van der Waals surface area contributed by atoms with Gasteiger partial charge in [-0.3, -0.25) is 4.79 Å². The zero-order valence-corrected chi connectivity index (χ0v) is 14.2. The van der Waals surface area contributed by atoms with E-state index in [0.717, 1.165) is 11.1 Å². The minimum Gasteiger partial charge on any atom is -0.467 e. The van der Waals surface area contributed by atoms with Crippen LogP contribution in [0.2, 0.25) is 0 Å². The van der Waals surface area contributed by atoms with Crippen molar-refractivity contribution >= 4 is 11.9 Å². The third-order valence-corrected chi connectivity index (χ3v) is 3.50. The van der Waals surface area contributed by atoms with Gasteiger partial charge in [0.15, 0.2) is 0 Å². The highest BCUT2D eigenvalue weighted by Gasteiger charge is 2.22. The number of amides is 1. The molecule has 0 saturated carbocycles. The average molecular weight is 323 g/mol. The molecule has 0 unspecified atom stereocenters. The Morgan fingerprint density at radius 1 is 1.13 bits per heavy atom. The molecule has 6 nitrogen and oxygen atoms in total. The van der Waals surface area contributed by atoms with Crippen molar-refractivity contribution in [2.24, 2.45) is 0 Å². The number of nitrogens with one attached hydrogen (secondary N) is 1. The summed E-state index contributed by atoms with van der Waals surface area (Å²) in [7, 11) is 2.86. The van der Waals surface area contributed by atoms with E-state index >= 15 is 0 Å². The lowest BCUT2D eigenvalue weighted by molar-refractivity contribution is -0.145. The fraction of sp³-hybridized carbons (Fsp3) is 0.529. The fourth-order valence-electron chi connectivity index (χ4n) is 2.04. The predicted molar refractivity (Wildman–Crippen MR) is 86.3 cm³/mol. The van der Waals surface area contributed by atoms with E-state index in [9.17, 15) is 9.59 Å². The molecule has 128 valence electrons. The zero-order valence-electron chi connectivity index (χ0n) is 14.2. The van der Waals surface area contributed by atoms with E-state index in [0.29, 0.717) is 19.6 Å². The van der Waals surface area contributed by atoms with Crippen molar-refractivity contribution < 1.29 is 23.8 Å². The second-order valence-corrected chi connectivity index (χ2v) is 5.31. The molecule has 23 heavy (non-hydrogen) atoms. The maximum Gasteiger partial charge on any atom is 0.328 e. The van der Waals surface area contributed by atoms with E-state index in [2.05, 4.69) is 5.32 Å². The second-order valence-electron chi connectivity index (χ2n) is 5.31. The first-order chi connectivity index (χ1) is 11.0. The number of esters is 1. The average Bonchev–Trinajstić information content (AvgIpc) is 2.53. The standard InChI is InChI=1S/C17H25NO5/c1-12-5-6-14(9-13(12)2)10-15(17(20)22-4)18-16(19)11-23-8-7-21-3/h5-6,9,15H,7-8,10-11H2,1-4H3,(H,18,19)/t15-/m1/s1. The molecule has 0 saturated heterocycles. The number of aryl methyl sites for hydroxylation is 2. The zero-order chi connectivity index (χ0) is 17.2. The molecule has 6 heteroatoms. The summed E-state index contributed by atoms with van der Waals surface area (Å²) in [4.78, 5) is 23.7. The topological polar surface area (TPSA) is 73.9 Å². The summed E-state index contributed by atoms with van der Waals surface area (Å²) in [6.07, 6.45) is 0.373. The summed E-state index contributed by atoms with van der Waals surface area (Å²) >= 11 is 0. The fourth-order valence-corrected chi connectivity index (χ4v) is 2.04. The lowest BCUT2D eigenvalue weighted by Gasteiger charge is -2.17. The Morgan fingerprint density at radius 3 is 2.48 bits per heavy atom. The summed E-state index contributed by atoms with van der Waals surface area (Å²) in [6.45, 7) is 4.65. The van der Waals surface area contributed by atoms with Crippen LogP contribution >= 0.6 is 0 Å². The van der Waals surface area contributed by atoms with Crippen LogP contribution in [0.4, 0.5) is 0 Å². The summed E-state index contributed by atoms with van der Waals surface area (Å²) < 4.78 is 14.7. The van der Waals surface area contributed by atoms with Crippen LogP contribution in [0.5, 0.6) is 0 Å². The minimum absolute atomic E-state index is 0.121. The molecular formula is C17H25NO5. The lowest BCUT2D eigenvalue weighted by atomic mass is 10.0. The van der Waals surface area contributed by atoms with E-state index in [1.165, 1.54) is 12.7 Å². The molecule has 0 heterocycles. The van der Waals surface area contributed by atoms with Crippen LogP contribution in [0.25, 0.3) is 0 Å². The van der Waals surface area contributed by atoms with Gasteiger partial charge in [0.2, 0.25) is 5.91 Å². The van der Waals surface area contributed by atoms with Gasteiger partial charge in [0, 0.05) is 13.5 Å². The molecular weight excluding hydrogens is 298 g/mol. The van der Waals surface area contributed by atoms with Crippen LogP contribution in [0.3, 0.4) is 0 Å². The largest absolute Gasteiger partial charge is 0.467 e. The van der Waals surface area contributed by atoms with Gasteiger partial charge in [-0.1, -0.05) is 18.2 Å². The first kappa shape index (κ1) is 19.1. The van der Waals surface area contributed by atoms with Crippen LogP contribution in [0.1, 0.15) is 16.7 Å². The van der Waals surface area contributed by atoms with Crippen molar-refractivity contribution in [3.05, 3.63) is 34.9 Å². The van der Waals surface area contributed by atoms with Crippen molar-refractivity contribution in [2.45, 2.75) is 26.3 Å². The van der Waals surface area contributed by atoms with Crippen LogP contribution in [-0.4, -0.2) is 52.0 Å². The van der Waals surface area contributed by atoms with Crippen molar-refractivity contribution in [1.29, 1.82) is 0 Å². The van der Waals surface area contributed by atoms with Gasteiger partial charge in [0.1, 0.15) is 12.6 Å². The lowest BCUT2D eigenvalue weighted by Crippen LogP contribution is -2.44. The van der Waals surface area contributed by atoms with Gasteiger partial charge in [0.25, 0.3) is 0 Å². The molecule has 0 aliphatic rings. The normalized spacial score (nSPS) is 11.8. The Kier molecular flexibility index (Phi) is 8.29. The molecule has 0 bridgehead atoms. The molecule has 1 amide bonds. The number of ether oxygens (including phenoxy) is 3. The predicted octanol–water partition coefficient (Wildman–Crippen LogP) is 1.17. The molecule has 1 aromatic carbocycles. The molecule has 1 N–H and O–H groups in total. The Balaban J connectivity index is 2.63. The third kappa shape index (κ3) is 6.80. The van der Waals surface area contributed by atoms with Gasteiger partial charge in [0.05, 0.1) is 20.3 Å². The van der Waals surface area contributed by atoms with Crippen LogP contribution < -0.4 is 5.32 Å². The van der Waals surface area contributed by atoms with Crippen molar-refractivity contribution in [2.75, 3.05) is 34.0 Å². The third-order valence-electron chi connectivity index (χ3n) is 3.50. The van der Waals surface area contributed by atoms with Gasteiger partial charge in [-0.25, -0.2) is 4.79 Å². The molecule has 0 spiro atoms. The number of carbonyl (C=O) groups excluding carboxylic acids is 2. The molecule has 0 radical (unpaired) electrons. The smallest absolute Gasteiger partial charge is 0.328 e. The van der Waals surface area contributed by atoms with E-state index in [1.807, 2.05) is 32.0 Å². The van der Waals surface area contributed by atoms with Crippen LogP contribution in [-0.2, 0) is 30.2 Å². The van der Waals surface area contributed by atoms with Gasteiger partial charge < -0.3 is 19.5 Å². The van der Waals surface area contributed by atoms with E-state index in [-0.39, 0.29) is 12.5 Å². The van der Waals surface area contributed by atoms with Crippen molar-refractivity contribution in [3.63, 3.8) is 0 Å². The molecule has 0 aliphatic carbocycles. The van der Waals surface area contributed by atoms with Crippen molar-refractivity contribution in [1.82, 2.24) is 5.32 Å². The van der Waals surface area contributed by atoms with Crippen molar-refractivity contribution in [3.8, 4) is 0 Å². The van der Waals surface area contributed by atoms with Gasteiger partial charge >= 0.3 is 5.97 Å². The Bertz CT molecular complexity index is 530. The number of carbonyl (C=O) groups is 2. The summed E-state index contributed by atoms with van der Waals surface area (Å²) in [5.41, 5.74) is 3.28. The number of benzene rings is 1. The number of hydrogen-bond donors (Lipinski definition) is 1.